The average molecular weight is 388 g/mol. The molecule has 150 valence electrons. The maximum atomic E-state index is 12.3. The lowest BCUT2D eigenvalue weighted by Gasteiger charge is -2.32. The van der Waals surface area contributed by atoms with Gasteiger partial charge in [0.15, 0.2) is 0 Å². The van der Waals surface area contributed by atoms with Crippen LogP contribution in [0.3, 0.4) is 0 Å². The van der Waals surface area contributed by atoms with Gasteiger partial charge in [-0.25, -0.2) is 4.98 Å². The summed E-state index contributed by atoms with van der Waals surface area (Å²) in [6.45, 7) is 6.66. The number of ether oxygens (including phenoxy) is 1. The van der Waals surface area contributed by atoms with Crippen LogP contribution in [0.1, 0.15) is 62.6 Å². The molecule has 0 saturated heterocycles. The molecule has 0 fully saturated rings. The van der Waals surface area contributed by atoms with E-state index in [9.17, 15) is 4.79 Å². The van der Waals surface area contributed by atoms with E-state index in [0.717, 1.165) is 42.3 Å². The van der Waals surface area contributed by atoms with E-state index in [4.69, 9.17) is 9.72 Å². The molecule has 0 spiro atoms. The highest BCUT2D eigenvalue weighted by Crippen LogP contribution is 2.54. The van der Waals surface area contributed by atoms with Crippen LogP contribution >= 0.6 is 0 Å². The fourth-order valence-corrected chi connectivity index (χ4v) is 4.78. The van der Waals surface area contributed by atoms with Gasteiger partial charge in [-0.2, -0.15) is 0 Å². The van der Waals surface area contributed by atoms with Crippen molar-refractivity contribution in [1.29, 1.82) is 0 Å². The van der Waals surface area contributed by atoms with E-state index >= 15 is 0 Å². The summed E-state index contributed by atoms with van der Waals surface area (Å²) in [7, 11) is 0. The molecule has 1 atom stereocenters. The molecule has 1 unspecified atom stereocenters. The topological polar surface area (TPSA) is 39.2 Å². The monoisotopic (exact) mass is 387 g/mol. The van der Waals surface area contributed by atoms with Crippen molar-refractivity contribution in [3.63, 3.8) is 0 Å². The summed E-state index contributed by atoms with van der Waals surface area (Å²) in [6, 6.07) is 17.3. The summed E-state index contributed by atoms with van der Waals surface area (Å²) in [5.41, 5.74) is 6.99. The second-order valence-corrected chi connectivity index (χ2v) is 8.12. The van der Waals surface area contributed by atoms with E-state index in [1.807, 2.05) is 13.0 Å². The molecule has 1 aromatic heterocycles. The molecule has 0 N–H and O–H groups in total. The summed E-state index contributed by atoms with van der Waals surface area (Å²) in [6.07, 6.45) is 4.44. The molecule has 1 heterocycles. The van der Waals surface area contributed by atoms with Crippen LogP contribution in [-0.2, 0) is 14.9 Å². The van der Waals surface area contributed by atoms with Crippen molar-refractivity contribution in [1.82, 2.24) is 4.98 Å². The Hall–Kier alpha value is -2.68. The molecule has 3 aromatic rings. The molecule has 0 amide bonds. The minimum Gasteiger partial charge on any atom is -0.466 e. The Labute approximate surface area is 173 Å². The van der Waals surface area contributed by atoms with Gasteiger partial charge in [-0.3, -0.25) is 4.79 Å². The molecular weight excluding hydrogens is 358 g/mol. The highest BCUT2D eigenvalue weighted by Gasteiger charge is 2.44. The molecular formula is C26H29NO2. The van der Waals surface area contributed by atoms with Gasteiger partial charge in [-0.05, 0) is 49.9 Å². The van der Waals surface area contributed by atoms with Crippen molar-refractivity contribution in [2.24, 2.45) is 0 Å². The molecule has 3 nitrogen and oxygen atoms in total. The Morgan fingerprint density at radius 1 is 1.03 bits per heavy atom. The fourth-order valence-electron chi connectivity index (χ4n) is 4.78. The van der Waals surface area contributed by atoms with E-state index in [-0.39, 0.29) is 11.4 Å². The number of hydrogen-bond acceptors (Lipinski definition) is 3. The molecule has 29 heavy (non-hydrogen) atoms. The number of carbonyl (C=O) groups is 1. The van der Waals surface area contributed by atoms with Gasteiger partial charge >= 0.3 is 5.97 Å². The van der Waals surface area contributed by atoms with Crippen molar-refractivity contribution in [3.8, 4) is 11.3 Å². The third kappa shape index (κ3) is 3.43. The number of rotatable bonds is 7. The lowest BCUT2D eigenvalue weighted by Crippen LogP contribution is -2.27. The molecule has 1 aliphatic carbocycles. The molecule has 3 heteroatoms. The zero-order valence-corrected chi connectivity index (χ0v) is 17.6. The summed E-state index contributed by atoms with van der Waals surface area (Å²) >= 11 is 0. The van der Waals surface area contributed by atoms with E-state index in [0.29, 0.717) is 13.0 Å². The number of esters is 1. The Balaban J connectivity index is 1.91. The summed E-state index contributed by atoms with van der Waals surface area (Å²) in [5.74, 6) is -0.111. The first-order valence-corrected chi connectivity index (χ1v) is 10.8. The van der Waals surface area contributed by atoms with Gasteiger partial charge in [0.2, 0.25) is 0 Å². The smallest absolute Gasteiger partial charge is 0.305 e. The number of carbonyl (C=O) groups excluding carboxylic acids is 1. The SMILES string of the molecule is CCCCC1(CCC(=O)OCC)c2cc(C)ccc2-c2nc3ccccc3cc21. The van der Waals surface area contributed by atoms with Crippen LogP contribution in [0.2, 0.25) is 0 Å². The molecule has 0 bridgehead atoms. The number of benzene rings is 2. The molecule has 0 aliphatic heterocycles. The third-order valence-corrected chi connectivity index (χ3v) is 6.20. The van der Waals surface area contributed by atoms with Gasteiger partial charge in [0.25, 0.3) is 0 Å². The van der Waals surface area contributed by atoms with Crippen LogP contribution in [0.4, 0.5) is 0 Å². The molecule has 2 aromatic carbocycles. The lowest BCUT2D eigenvalue weighted by atomic mass is 9.71. The van der Waals surface area contributed by atoms with Crippen LogP contribution in [-0.4, -0.2) is 17.6 Å². The van der Waals surface area contributed by atoms with Crippen LogP contribution in [0.15, 0.2) is 48.5 Å². The Morgan fingerprint density at radius 2 is 1.86 bits per heavy atom. The van der Waals surface area contributed by atoms with Gasteiger partial charge in [0.1, 0.15) is 0 Å². The number of para-hydroxylation sites is 1. The van der Waals surface area contributed by atoms with Crippen molar-refractivity contribution in [3.05, 3.63) is 65.2 Å². The van der Waals surface area contributed by atoms with E-state index in [1.165, 1.54) is 22.3 Å². The number of aryl methyl sites for hydroxylation is 1. The number of hydrogen-bond donors (Lipinski definition) is 0. The number of aromatic nitrogens is 1. The minimum atomic E-state index is -0.184. The summed E-state index contributed by atoms with van der Waals surface area (Å²) in [4.78, 5) is 17.4. The van der Waals surface area contributed by atoms with Crippen LogP contribution in [0.25, 0.3) is 22.2 Å². The predicted octanol–water partition coefficient (Wildman–Crippen LogP) is 6.34. The highest BCUT2D eigenvalue weighted by atomic mass is 16.5. The normalized spacial score (nSPS) is 17.2. The quantitative estimate of drug-likeness (QED) is 0.444. The molecule has 4 rings (SSSR count). The van der Waals surface area contributed by atoms with E-state index in [1.54, 1.807) is 0 Å². The summed E-state index contributed by atoms with van der Waals surface area (Å²) < 4.78 is 5.27. The largest absolute Gasteiger partial charge is 0.466 e. The van der Waals surface area contributed by atoms with Gasteiger partial charge in [-0.15, -0.1) is 0 Å². The number of fused-ring (bicyclic) bond motifs is 4. The number of pyridine rings is 1. The Morgan fingerprint density at radius 3 is 2.66 bits per heavy atom. The lowest BCUT2D eigenvalue weighted by molar-refractivity contribution is -0.143. The third-order valence-electron chi connectivity index (χ3n) is 6.20. The maximum Gasteiger partial charge on any atom is 0.305 e. The first-order chi connectivity index (χ1) is 14.1. The van der Waals surface area contributed by atoms with Crippen LogP contribution < -0.4 is 0 Å². The summed E-state index contributed by atoms with van der Waals surface area (Å²) in [5, 5.41) is 1.16. The standard InChI is InChI=1S/C26H29NO2/c1-4-6-14-26(15-13-24(28)29-5-2)21-16-18(3)11-12-20(21)25-22(26)17-19-9-7-8-10-23(19)27-25/h7-12,16-17H,4-6,13-15H2,1-3H3. The van der Waals surface area contributed by atoms with Crippen LogP contribution in [0.5, 0.6) is 0 Å². The average Bonchev–Trinajstić information content (AvgIpc) is 2.98. The van der Waals surface area contributed by atoms with Gasteiger partial charge in [0.05, 0.1) is 17.8 Å². The van der Waals surface area contributed by atoms with E-state index in [2.05, 4.69) is 56.3 Å². The second-order valence-electron chi connectivity index (χ2n) is 8.12. The number of unbranched alkanes of at least 4 members (excludes halogenated alkanes) is 1. The fraction of sp³-hybridized carbons (Fsp3) is 0.385. The van der Waals surface area contributed by atoms with Crippen molar-refractivity contribution < 1.29 is 9.53 Å². The van der Waals surface area contributed by atoms with Gasteiger partial charge < -0.3 is 4.74 Å². The molecule has 0 saturated carbocycles. The first-order valence-electron chi connectivity index (χ1n) is 10.8. The first kappa shape index (κ1) is 19.6. The number of nitrogens with zero attached hydrogens (tertiary/aromatic N) is 1. The molecule has 1 aliphatic rings. The minimum absolute atomic E-state index is 0.111. The Kier molecular flexibility index (Phi) is 5.40. The molecule has 0 radical (unpaired) electrons. The van der Waals surface area contributed by atoms with Crippen LogP contribution in [0, 0.1) is 6.92 Å². The van der Waals surface area contributed by atoms with Gasteiger partial charge in [0, 0.05) is 22.8 Å². The zero-order chi connectivity index (χ0) is 20.4. The van der Waals surface area contributed by atoms with Gasteiger partial charge in [-0.1, -0.05) is 61.7 Å². The second kappa shape index (κ2) is 7.98. The predicted molar refractivity (Wildman–Crippen MR) is 118 cm³/mol. The zero-order valence-electron chi connectivity index (χ0n) is 17.6. The van der Waals surface area contributed by atoms with Crippen molar-refractivity contribution >= 4 is 16.9 Å². The van der Waals surface area contributed by atoms with Crippen molar-refractivity contribution in [2.45, 2.75) is 58.3 Å². The maximum absolute atomic E-state index is 12.3. The highest BCUT2D eigenvalue weighted by molar-refractivity contribution is 5.88. The van der Waals surface area contributed by atoms with Crippen molar-refractivity contribution in [2.75, 3.05) is 6.61 Å². The Bertz CT molecular complexity index is 1060. The van der Waals surface area contributed by atoms with E-state index < -0.39 is 0 Å².